The van der Waals surface area contributed by atoms with E-state index in [9.17, 15) is 4.79 Å². The first-order chi connectivity index (χ1) is 7.70. The van der Waals surface area contributed by atoms with E-state index in [4.69, 9.17) is 5.73 Å². The van der Waals surface area contributed by atoms with E-state index in [1.54, 1.807) is 0 Å². The molecule has 0 atom stereocenters. The van der Waals surface area contributed by atoms with Gasteiger partial charge in [-0.1, -0.05) is 19.3 Å². The number of hydrogen-bond donors (Lipinski definition) is 1. The number of likely N-dealkylation sites (tertiary alicyclic amines) is 1. The van der Waals surface area contributed by atoms with E-state index in [0.717, 1.165) is 25.9 Å². The molecule has 1 amide bonds. The molecule has 2 fully saturated rings. The van der Waals surface area contributed by atoms with Crippen LogP contribution in [0.4, 0.5) is 0 Å². The van der Waals surface area contributed by atoms with Crippen LogP contribution in [-0.4, -0.2) is 29.4 Å². The Kier molecular flexibility index (Phi) is 3.85. The maximum atomic E-state index is 12.1. The largest absolute Gasteiger partial charge is 0.343 e. The van der Waals surface area contributed by atoms with E-state index in [1.807, 2.05) is 4.90 Å². The van der Waals surface area contributed by atoms with Crippen molar-refractivity contribution in [2.24, 2.45) is 5.73 Å². The molecule has 1 aliphatic heterocycles. The third-order valence-electron chi connectivity index (χ3n) is 4.06. The highest BCUT2D eigenvalue weighted by atomic mass is 16.2. The van der Waals surface area contributed by atoms with Gasteiger partial charge in [-0.3, -0.25) is 4.79 Å². The first-order valence-corrected chi connectivity index (χ1v) is 6.76. The van der Waals surface area contributed by atoms with Crippen LogP contribution in [0.25, 0.3) is 0 Å². The average Bonchev–Trinajstić information content (AvgIpc) is 2.30. The minimum absolute atomic E-state index is 0.188. The minimum Gasteiger partial charge on any atom is -0.343 e. The lowest BCUT2D eigenvalue weighted by molar-refractivity contribution is -0.133. The highest BCUT2D eigenvalue weighted by molar-refractivity contribution is 5.77. The molecule has 1 heterocycles. The van der Waals surface area contributed by atoms with Crippen molar-refractivity contribution in [3.05, 3.63) is 0 Å². The van der Waals surface area contributed by atoms with Crippen LogP contribution in [-0.2, 0) is 4.79 Å². The van der Waals surface area contributed by atoms with E-state index < -0.39 is 0 Å². The summed E-state index contributed by atoms with van der Waals surface area (Å²) in [7, 11) is 0. The Morgan fingerprint density at radius 1 is 1.00 bits per heavy atom. The van der Waals surface area contributed by atoms with Gasteiger partial charge in [-0.2, -0.15) is 0 Å². The second-order valence-corrected chi connectivity index (χ2v) is 5.54. The molecule has 92 valence electrons. The van der Waals surface area contributed by atoms with Crippen molar-refractivity contribution in [3.63, 3.8) is 0 Å². The van der Waals surface area contributed by atoms with Gasteiger partial charge in [0, 0.05) is 25.0 Å². The van der Waals surface area contributed by atoms with Crippen molar-refractivity contribution >= 4 is 5.91 Å². The number of carbonyl (C=O) groups excluding carboxylic acids is 1. The predicted octanol–water partition coefficient (Wildman–Crippen LogP) is 2.05. The molecular weight excluding hydrogens is 200 g/mol. The van der Waals surface area contributed by atoms with Crippen LogP contribution in [0.1, 0.15) is 57.8 Å². The molecule has 1 aliphatic carbocycles. The van der Waals surface area contributed by atoms with Gasteiger partial charge in [-0.25, -0.2) is 0 Å². The van der Waals surface area contributed by atoms with Crippen molar-refractivity contribution in [1.29, 1.82) is 0 Å². The van der Waals surface area contributed by atoms with E-state index in [2.05, 4.69) is 0 Å². The van der Waals surface area contributed by atoms with Crippen LogP contribution in [0.5, 0.6) is 0 Å². The number of carbonyl (C=O) groups is 1. The molecule has 0 aromatic rings. The van der Waals surface area contributed by atoms with Gasteiger partial charge in [-0.15, -0.1) is 0 Å². The Morgan fingerprint density at radius 3 is 2.19 bits per heavy atom. The summed E-state index contributed by atoms with van der Waals surface area (Å²) in [5, 5.41) is 0. The Balaban J connectivity index is 1.85. The lowest BCUT2D eigenvalue weighted by Crippen LogP contribution is -2.47. The van der Waals surface area contributed by atoms with Crippen LogP contribution in [0.15, 0.2) is 0 Å². The summed E-state index contributed by atoms with van der Waals surface area (Å²) < 4.78 is 0. The molecule has 0 unspecified atom stereocenters. The van der Waals surface area contributed by atoms with Crippen LogP contribution in [0, 0.1) is 0 Å². The highest BCUT2D eigenvalue weighted by Gasteiger charge is 2.31. The van der Waals surface area contributed by atoms with Gasteiger partial charge < -0.3 is 10.6 Å². The van der Waals surface area contributed by atoms with Crippen LogP contribution >= 0.6 is 0 Å². The Bertz CT molecular complexity index is 240. The standard InChI is InChI=1S/C13H24N2O/c14-13(7-3-1-4-8-13)11-12(16)15-9-5-2-6-10-15/h1-11,14H2. The zero-order valence-corrected chi connectivity index (χ0v) is 10.2. The summed E-state index contributed by atoms with van der Waals surface area (Å²) in [5.41, 5.74) is 6.13. The monoisotopic (exact) mass is 224 g/mol. The number of piperidine rings is 1. The van der Waals surface area contributed by atoms with Crippen molar-refractivity contribution in [2.75, 3.05) is 13.1 Å². The summed E-state index contributed by atoms with van der Waals surface area (Å²) in [6.07, 6.45) is 9.95. The van der Waals surface area contributed by atoms with Gasteiger partial charge in [0.15, 0.2) is 0 Å². The SMILES string of the molecule is NC1(CC(=O)N2CCCCC2)CCCCC1. The van der Waals surface area contributed by atoms with Gasteiger partial charge in [0.05, 0.1) is 0 Å². The Hall–Kier alpha value is -0.570. The number of rotatable bonds is 2. The summed E-state index contributed by atoms with van der Waals surface area (Å²) in [4.78, 5) is 14.1. The maximum absolute atomic E-state index is 12.1. The molecule has 0 radical (unpaired) electrons. The quantitative estimate of drug-likeness (QED) is 0.780. The molecule has 2 N–H and O–H groups in total. The number of nitrogens with zero attached hydrogens (tertiary/aromatic N) is 1. The molecule has 2 aliphatic rings. The third kappa shape index (κ3) is 2.97. The van der Waals surface area contributed by atoms with Crippen molar-refractivity contribution < 1.29 is 4.79 Å². The molecular formula is C13H24N2O. The molecule has 0 bridgehead atoms. The smallest absolute Gasteiger partial charge is 0.224 e. The van der Waals surface area contributed by atoms with Crippen molar-refractivity contribution in [3.8, 4) is 0 Å². The first-order valence-electron chi connectivity index (χ1n) is 6.76. The molecule has 2 rings (SSSR count). The van der Waals surface area contributed by atoms with Crippen molar-refractivity contribution in [2.45, 2.75) is 63.3 Å². The Labute approximate surface area is 98.4 Å². The fourth-order valence-electron chi connectivity index (χ4n) is 2.99. The molecule has 0 aromatic carbocycles. The molecule has 16 heavy (non-hydrogen) atoms. The van der Waals surface area contributed by atoms with E-state index >= 15 is 0 Å². The highest BCUT2D eigenvalue weighted by Crippen LogP contribution is 2.29. The van der Waals surface area contributed by atoms with Crippen LogP contribution < -0.4 is 5.73 Å². The van der Waals surface area contributed by atoms with Gasteiger partial charge in [0.2, 0.25) is 5.91 Å². The molecule has 1 saturated heterocycles. The number of nitrogens with two attached hydrogens (primary N) is 1. The van der Waals surface area contributed by atoms with E-state index in [0.29, 0.717) is 12.3 Å². The molecule has 3 heteroatoms. The summed E-state index contributed by atoms with van der Waals surface area (Å²) in [5.74, 6) is 0.295. The zero-order chi connectivity index (χ0) is 11.4. The second-order valence-electron chi connectivity index (χ2n) is 5.54. The summed E-state index contributed by atoms with van der Waals surface area (Å²) in [6.45, 7) is 1.91. The predicted molar refractivity (Wildman–Crippen MR) is 65.1 cm³/mol. The molecule has 0 aromatic heterocycles. The molecule has 0 spiro atoms. The van der Waals surface area contributed by atoms with Gasteiger partial charge in [0.25, 0.3) is 0 Å². The lowest BCUT2D eigenvalue weighted by Gasteiger charge is -2.35. The van der Waals surface area contributed by atoms with Crippen LogP contribution in [0.2, 0.25) is 0 Å². The summed E-state index contributed by atoms with van der Waals surface area (Å²) >= 11 is 0. The lowest BCUT2D eigenvalue weighted by atomic mass is 9.80. The number of amides is 1. The van der Waals surface area contributed by atoms with Crippen LogP contribution in [0.3, 0.4) is 0 Å². The maximum Gasteiger partial charge on any atom is 0.224 e. The fourth-order valence-corrected chi connectivity index (χ4v) is 2.99. The second kappa shape index (κ2) is 5.17. The van der Waals surface area contributed by atoms with E-state index in [-0.39, 0.29) is 5.54 Å². The Morgan fingerprint density at radius 2 is 1.56 bits per heavy atom. The molecule has 3 nitrogen and oxygen atoms in total. The average molecular weight is 224 g/mol. The minimum atomic E-state index is -0.188. The van der Waals surface area contributed by atoms with Gasteiger partial charge in [-0.05, 0) is 32.1 Å². The van der Waals surface area contributed by atoms with E-state index in [1.165, 1.54) is 38.5 Å². The van der Waals surface area contributed by atoms with Crippen molar-refractivity contribution in [1.82, 2.24) is 4.90 Å². The van der Waals surface area contributed by atoms with Gasteiger partial charge >= 0.3 is 0 Å². The third-order valence-corrected chi connectivity index (χ3v) is 4.06. The topological polar surface area (TPSA) is 46.3 Å². The summed E-state index contributed by atoms with van der Waals surface area (Å²) in [6, 6.07) is 0. The normalized spacial score (nSPS) is 25.4. The number of hydrogen-bond acceptors (Lipinski definition) is 2. The first kappa shape index (κ1) is 11.9. The fraction of sp³-hybridized carbons (Fsp3) is 0.923. The van der Waals surface area contributed by atoms with Gasteiger partial charge in [0.1, 0.15) is 0 Å². The molecule has 1 saturated carbocycles. The zero-order valence-electron chi connectivity index (χ0n) is 10.2.